The fourth-order valence-electron chi connectivity index (χ4n) is 1.31. The largest absolute Gasteiger partial charge is 0.272 e. The molecule has 0 saturated carbocycles. The smallest absolute Gasteiger partial charge is 0.267 e. The summed E-state index contributed by atoms with van der Waals surface area (Å²) in [6, 6.07) is 4.06. The van der Waals surface area contributed by atoms with Crippen LogP contribution in [0.2, 0.25) is 5.15 Å². The standard InChI is InChI=1S/C10H5ClF2N2O/c11-9-4-8(10(16)15-14-9)5-1-6(12)3-7(13)2-5/h1-4H,(H,15,16). The van der Waals surface area contributed by atoms with Crippen molar-refractivity contribution >= 4 is 11.6 Å². The van der Waals surface area contributed by atoms with Gasteiger partial charge in [0.15, 0.2) is 0 Å². The average molecular weight is 243 g/mol. The highest BCUT2D eigenvalue weighted by atomic mass is 35.5. The van der Waals surface area contributed by atoms with Crippen molar-refractivity contribution < 1.29 is 8.78 Å². The molecule has 1 aromatic heterocycles. The predicted octanol–water partition coefficient (Wildman–Crippen LogP) is 2.37. The molecule has 0 radical (unpaired) electrons. The summed E-state index contributed by atoms with van der Waals surface area (Å²) in [5, 5.41) is 5.61. The predicted molar refractivity (Wildman–Crippen MR) is 55.2 cm³/mol. The Morgan fingerprint density at radius 1 is 1.12 bits per heavy atom. The van der Waals surface area contributed by atoms with Gasteiger partial charge in [-0.2, -0.15) is 5.10 Å². The molecule has 0 saturated heterocycles. The zero-order chi connectivity index (χ0) is 11.7. The van der Waals surface area contributed by atoms with Crippen LogP contribution in [-0.4, -0.2) is 10.2 Å². The molecular formula is C10H5ClF2N2O. The van der Waals surface area contributed by atoms with Crippen LogP contribution in [-0.2, 0) is 0 Å². The zero-order valence-corrected chi connectivity index (χ0v) is 8.55. The van der Waals surface area contributed by atoms with E-state index in [0.717, 1.165) is 18.2 Å². The maximum absolute atomic E-state index is 12.9. The van der Waals surface area contributed by atoms with E-state index in [1.54, 1.807) is 0 Å². The van der Waals surface area contributed by atoms with E-state index < -0.39 is 17.2 Å². The third-order valence-electron chi connectivity index (χ3n) is 1.95. The second-order valence-electron chi connectivity index (χ2n) is 3.09. The molecule has 0 bridgehead atoms. The fraction of sp³-hybridized carbons (Fsp3) is 0. The molecule has 2 aromatic rings. The van der Waals surface area contributed by atoms with Crippen LogP contribution >= 0.6 is 11.6 Å². The lowest BCUT2D eigenvalue weighted by Gasteiger charge is -2.01. The average Bonchev–Trinajstić information content (AvgIpc) is 2.20. The summed E-state index contributed by atoms with van der Waals surface area (Å²) in [4.78, 5) is 11.4. The lowest BCUT2D eigenvalue weighted by molar-refractivity contribution is 0.584. The quantitative estimate of drug-likeness (QED) is 0.834. The van der Waals surface area contributed by atoms with Crippen LogP contribution < -0.4 is 5.56 Å². The van der Waals surface area contributed by atoms with Gasteiger partial charge in [-0.05, 0) is 23.8 Å². The SMILES string of the molecule is O=c1[nH]nc(Cl)cc1-c1cc(F)cc(F)c1. The lowest BCUT2D eigenvalue weighted by atomic mass is 10.1. The number of hydrogen-bond donors (Lipinski definition) is 1. The van der Waals surface area contributed by atoms with Gasteiger partial charge in [-0.1, -0.05) is 11.6 Å². The number of nitrogens with zero attached hydrogens (tertiary/aromatic N) is 1. The molecule has 1 N–H and O–H groups in total. The monoisotopic (exact) mass is 242 g/mol. The van der Waals surface area contributed by atoms with Gasteiger partial charge >= 0.3 is 0 Å². The van der Waals surface area contributed by atoms with Gasteiger partial charge in [0.25, 0.3) is 5.56 Å². The Bertz CT molecular complexity index is 577. The van der Waals surface area contributed by atoms with E-state index in [9.17, 15) is 13.6 Å². The van der Waals surface area contributed by atoms with Gasteiger partial charge in [-0.15, -0.1) is 0 Å². The summed E-state index contributed by atoms with van der Waals surface area (Å²) < 4.78 is 25.9. The minimum Gasteiger partial charge on any atom is -0.267 e. The molecule has 0 aliphatic rings. The van der Waals surface area contributed by atoms with E-state index >= 15 is 0 Å². The molecule has 16 heavy (non-hydrogen) atoms. The van der Waals surface area contributed by atoms with Crippen LogP contribution in [0.5, 0.6) is 0 Å². The van der Waals surface area contributed by atoms with Crippen LogP contribution in [0.4, 0.5) is 8.78 Å². The normalized spacial score (nSPS) is 10.4. The van der Waals surface area contributed by atoms with Crippen LogP contribution in [0, 0.1) is 11.6 Å². The first kappa shape index (κ1) is 10.8. The van der Waals surface area contributed by atoms with Gasteiger partial charge in [0.2, 0.25) is 0 Å². The first-order valence-corrected chi connectivity index (χ1v) is 4.66. The Morgan fingerprint density at radius 2 is 1.75 bits per heavy atom. The Hall–Kier alpha value is -1.75. The van der Waals surface area contributed by atoms with Crippen molar-refractivity contribution in [2.75, 3.05) is 0 Å². The van der Waals surface area contributed by atoms with Gasteiger partial charge in [-0.25, -0.2) is 13.9 Å². The summed E-state index contributed by atoms with van der Waals surface area (Å²) in [5.41, 5.74) is -0.379. The van der Waals surface area contributed by atoms with Gasteiger partial charge in [-0.3, -0.25) is 4.79 Å². The molecule has 2 rings (SSSR count). The van der Waals surface area contributed by atoms with E-state index in [1.165, 1.54) is 6.07 Å². The molecule has 0 atom stereocenters. The van der Waals surface area contributed by atoms with Crippen LogP contribution in [0.3, 0.4) is 0 Å². The summed E-state index contributed by atoms with van der Waals surface area (Å²) in [6.45, 7) is 0. The third kappa shape index (κ3) is 2.09. The number of nitrogens with one attached hydrogen (secondary N) is 1. The maximum Gasteiger partial charge on any atom is 0.272 e. The second-order valence-corrected chi connectivity index (χ2v) is 3.48. The summed E-state index contributed by atoms with van der Waals surface area (Å²) >= 11 is 5.58. The van der Waals surface area contributed by atoms with Crippen LogP contribution in [0.25, 0.3) is 11.1 Å². The number of rotatable bonds is 1. The molecular weight excluding hydrogens is 238 g/mol. The molecule has 0 aliphatic heterocycles. The van der Waals surface area contributed by atoms with Crippen molar-refractivity contribution in [1.29, 1.82) is 0 Å². The Morgan fingerprint density at radius 3 is 2.38 bits per heavy atom. The molecule has 3 nitrogen and oxygen atoms in total. The van der Waals surface area contributed by atoms with Crippen molar-refractivity contribution in [2.45, 2.75) is 0 Å². The lowest BCUT2D eigenvalue weighted by Crippen LogP contribution is -2.10. The van der Waals surface area contributed by atoms with E-state index in [1.807, 2.05) is 0 Å². The van der Waals surface area contributed by atoms with Crippen molar-refractivity contribution in [1.82, 2.24) is 10.2 Å². The van der Waals surface area contributed by atoms with Crippen molar-refractivity contribution in [3.8, 4) is 11.1 Å². The zero-order valence-electron chi connectivity index (χ0n) is 7.80. The van der Waals surface area contributed by atoms with E-state index in [2.05, 4.69) is 10.2 Å². The number of hydrogen-bond acceptors (Lipinski definition) is 2. The molecule has 6 heteroatoms. The Labute approximate surface area is 93.7 Å². The molecule has 1 heterocycles. The van der Waals surface area contributed by atoms with E-state index in [4.69, 9.17) is 11.6 Å². The number of aromatic nitrogens is 2. The summed E-state index contributed by atoms with van der Waals surface area (Å²) in [5.74, 6) is -1.52. The van der Waals surface area contributed by atoms with Gasteiger partial charge in [0.05, 0.1) is 5.56 Å². The summed E-state index contributed by atoms with van der Waals surface area (Å²) in [7, 11) is 0. The minimum absolute atomic E-state index is 0.0410. The van der Waals surface area contributed by atoms with Gasteiger partial charge < -0.3 is 0 Å². The van der Waals surface area contributed by atoms with Gasteiger partial charge in [0, 0.05) is 6.07 Å². The first-order chi connectivity index (χ1) is 7.56. The minimum atomic E-state index is -0.762. The molecule has 82 valence electrons. The van der Waals surface area contributed by atoms with Crippen LogP contribution in [0.15, 0.2) is 29.1 Å². The molecule has 1 aromatic carbocycles. The van der Waals surface area contributed by atoms with Crippen molar-refractivity contribution in [3.05, 3.63) is 51.4 Å². The highest BCUT2D eigenvalue weighted by Gasteiger charge is 2.08. The van der Waals surface area contributed by atoms with Gasteiger partial charge in [0.1, 0.15) is 16.8 Å². The van der Waals surface area contributed by atoms with Crippen molar-refractivity contribution in [3.63, 3.8) is 0 Å². The first-order valence-electron chi connectivity index (χ1n) is 4.28. The Kier molecular flexibility index (Phi) is 2.70. The maximum atomic E-state index is 12.9. The third-order valence-corrected chi connectivity index (χ3v) is 2.14. The molecule has 0 aliphatic carbocycles. The number of aromatic amines is 1. The number of H-pyrrole nitrogens is 1. The number of benzene rings is 1. The molecule has 0 fully saturated rings. The Balaban J connectivity index is 2.67. The highest BCUT2D eigenvalue weighted by molar-refractivity contribution is 6.29. The molecule has 0 unspecified atom stereocenters. The topological polar surface area (TPSA) is 45.8 Å². The number of halogens is 3. The van der Waals surface area contributed by atoms with Crippen molar-refractivity contribution in [2.24, 2.45) is 0 Å². The second kappa shape index (κ2) is 4.02. The van der Waals surface area contributed by atoms with E-state index in [0.29, 0.717) is 0 Å². The summed E-state index contributed by atoms with van der Waals surface area (Å²) in [6.07, 6.45) is 0. The molecule has 0 amide bonds. The molecule has 0 spiro atoms. The van der Waals surface area contributed by atoms with Crippen LogP contribution in [0.1, 0.15) is 0 Å². The fourth-order valence-corrected chi connectivity index (χ4v) is 1.46. The highest BCUT2D eigenvalue weighted by Crippen LogP contribution is 2.19. The van der Waals surface area contributed by atoms with E-state index in [-0.39, 0.29) is 16.3 Å².